The van der Waals surface area contributed by atoms with Crippen molar-refractivity contribution in [2.75, 3.05) is 18.5 Å². The minimum absolute atomic E-state index is 0.0815. The number of alkyl halides is 1. The van der Waals surface area contributed by atoms with Crippen molar-refractivity contribution in [1.29, 1.82) is 0 Å². The quantitative estimate of drug-likeness (QED) is 0.0742. The Kier molecular flexibility index (Phi) is 20.3. The van der Waals surface area contributed by atoms with Gasteiger partial charge in [0.05, 0.1) is 0 Å². The number of hydrogen-bond donors (Lipinski definition) is 0. The highest BCUT2D eigenvalue weighted by Gasteiger charge is 2.29. The first kappa shape index (κ1) is 27.6. The van der Waals surface area contributed by atoms with Gasteiger partial charge < -0.3 is 13.6 Å². The smallest absolute Gasteiger partial charge is 0.333 e. The van der Waals surface area contributed by atoms with Crippen LogP contribution in [-0.2, 0) is 13.6 Å². The summed E-state index contributed by atoms with van der Waals surface area (Å²) in [6, 6.07) is 0. The second kappa shape index (κ2) is 19.9. The van der Waals surface area contributed by atoms with Crippen LogP contribution in [0.1, 0.15) is 104 Å². The van der Waals surface area contributed by atoms with E-state index in [1.54, 1.807) is 0 Å². The lowest BCUT2D eigenvalue weighted by molar-refractivity contribution is -0.104. The normalized spacial score (nSPS) is 13.2. The van der Waals surface area contributed by atoms with Crippen molar-refractivity contribution in [2.45, 2.75) is 123 Å². The molecule has 0 fully saturated rings. The summed E-state index contributed by atoms with van der Waals surface area (Å²) in [5.41, 5.74) is 0. The molecular weight excluding hydrogens is 420 g/mol. The molecule has 0 saturated carbocycles. The van der Waals surface area contributed by atoms with Crippen LogP contribution < -0.4 is 0 Å². The Morgan fingerprint density at radius 1 is 0.704 bits per heavy atom. The first-order valence-electron chi connectivity index (χ1n) is 11.5. The second-order valence-corrected chi connectivity index (χ2v) is 12.2. The predicted molar refractivity (Wildman–Crippen MR) is 124 cm³/mol. The molecule has 0 aromatic rings. The van der Waals surface area contributed by atoms with E-state index in [1.807, 2.05) is 0 Å². The Morgan fingerprint density at radius 2 is 1.26 bits per heavy atom. The van der Waals surface area contributed by atoms with E-state index in [0.717, 1.165) is 37.8 Å². The van der Waals surface area contributed by atoms with Gasteiger partial charge in [0, 0.05) is 18.5 Å². The third kappa shape index (κ3) is 19.7. The SMILES string of the molecule is CCCCCCCOC(CCCCCCC)O[Si](C)(C)OCCCCCBr. The van der Waals surface area contributed by atoms with Crippen molar-refractivity contribution >= 4 is 24.5 Å². The van der Waals surface area contributed by atoms with Crippen molar-refractivity contribution in [3.8, 4) is 0 Å². The molecule has 0 spiro atoms. The Morgan fingerprint density at radius 3 is 1.89 bits per heavy atom. The molecule has 0 amide bonds. The molecule has 0 radical (unpaired) electrons. The molecule has 164 valence electrons. The van der Waals surface area contributed by atoms with Crippen LogP contribution in [0.5, 0.6) is 0 Å². The second-order valence-electron chi connectivity index (χ2n) is 8.03. The zero-order valence-corrected chi connectivity index (χ0v) is 21.3. The van der Waals surface area contributed by atoms with Gasteiger partial charge in [-0.3, -0.25) is 0 Å². The summed E-state index contributed by atoms with van der Waals surface area (Å²) in [5, 5.41) is 1.08. The van der Waals surface area contributed by atoms with E-state index in [0.29, 0.717) is 0 Å². The average Bonchev–Trinajstić information content (AvgIpc) is 2.63. The summed E-state index contributed by atoms with van der Waals surface area (Å²) in [5.74, 6) is 0. The molecule has 1 atom stereocenters. The van der Waals surface area contributed by atoms with Gasteiger partial charge in [-0.2, -0.15) is 0 Å². The van der Waals surface area contributed by atoms with Crippen LogP contribution in [0.2, 0.25) is 13.1 Å². The summed E-state index contributed by atoms with van der Waals surface area (Å²) >= 11 is 3.48. The van der Waals surface area contributed by atoms with E-state index in [1.165, 1.54) is 70.6 Å². The third-order valence-corrected chi connectivity index (χ3v) is 7.03. The van der Waals surface area contributed by atoms with E-state index in [-0.39, 0.29) is 6.29 Å². The van der Waals surface area contributed by atoms with Gasteiger partial charge in [-0.05, 0) is 45.2 Å². The summed E-state index contributed by atoms with van der Waals surface area (Å²) in [6.45, 7) is 10.5. The molecular formula is C22H47BrO3Si. The van der Waals surface area contributed by atoms with Crippen LogP contribution in [-0.4, -0.2) is 33.4 Å². The molecule has 0 N–H and O–H groups in total. The maximum absolute atomic E-state index is 6.36. The molecule has 1 unspecified atom stereocenters. The standard InChI is InChI=1S/C22H47BrO3Si/c1-5-7-9-11-14-18-22(24-20-16-12-10-8-6-2)26-27(3,4)25-21-17-13-15-19-23/h22H,5-21H2,1-4H3. The topological polar surface area (TPSA) is 27.7 Å². The van der Waals surface area contributed by atoms with Gasteiger partial charge >= 0.3 is 8.56 Å². The molecule has 0 aliphatic rings. The Bertz CT molecular complexity index is 303. The zero-order chi connectivity index (χ0) is 20.2. The van der Waals surface area contributed by atoms with Crippen LogP contribution in [0.4, 0.5) is 0 Å². The average molecular weight is 468 g/mol. The molecule has 0 rings (SSSR count). The molecule has 27 heavy (non-hydrogen) atoms. The molecule has 0 saturated heterocycles. The molecule has 0 heterocycles. The van der Waals surface area contributed by atoms with Gasteiger partial charge in [0.15, 0.2) is 0 Å². The Labute approximate surface area is 179 Å². The number of hydrogen-bond acceptors (Lipinski definition) is 3. The largest absolute Gasteiger partial charge is 0.394 e. The van der Waals surface area contributed by atoms with E-state index < -0.39 is 8.56 Å². The van der Waals surface area contributed by atoms with Gasteiger partial charge in [0.25, 0.3) is 0 Å². The first-order valence-corrected chi connectivity index (χ1v) is 15.5. The predicted octanol–water partition coefficient (Wildman–Crippen LogP) is 7.96. The van der Waals surface area contributed by atoms with Crippen molar-refractivity contribution in [3.05, 3.63) is 0 Å². The van der Waals surface area contributed by atoms with Gasteiger partial charge in [-0.1, -0.05) is 87.6 Å². The van der Waals surface area contributed by atoms with Gasteiger partial charge in [-0.15, -0.1) is 0 Å². The fourth-order valence-electron chi connectivity index (χ4n) is 3.05. The fourth-order valence-corrected chi connectivity index (χ4v) is 4.97. The molecule has 0 aliphatic carbocycles. The molecule has 0 aromatic carbocycles. The first-order chi connectivity index (χ1) is 13.1. The maximum Gasteiger partial charge on any atom is 0.333 e. The number of rotatable bonds is 21. The zero-order valence-electron chi connectivity index (χ0n) is 18.7. The maximum atomic E-state index is 6.36. The Hall–Kier alpha value is 0.577. The van der Waals surface area contributed by atoms with E-state index >= 15 is 0 Å². The van der Waals surface area contributed by atoms with Gasteiger partial charge in [0.1, 0.15) is 6.29 Å². The van der Waals surface area contributed by atoms with Gasteiger partial charge in [-0.25, -0.2) is 0 Å². The van der Waals surface area contributed by atoms with E-state index in [4.69, 9.17) is 13.6 Å². The van der Waals surface area contributed by atoms with Crippen LogP contribution in [0.15, 0.2) is 0 Å². The lowest BCUT2D eigenvalue weighted by atomic mass is 10.1. The number of halogens is 1. The van der Waals surface area contributed by atoms with Gasteiger partial charge in [0.2, 0.25) is 0 Å². The summed E-state index contributed by atoms with van der Waals surface area (Å²) < 4.78 is 18.6. The molecule has 3 nitrogen and oxygen atoms in total. The highest BCUT2D eigenvalue weighted by molar-refractivity contribution is 9.09. The highest BCUT2D eigenvalue weighted by atomic mass is 79.9. The summed E-state index contributed by atoms with van der Waals surface area (Å²) in [6.07, 6.45) is 17.2. The van der Waals surface area contributed by atoms with E-state index in [9.17, 15) is 0 Å². The minimum atomic E-state index is -2.12. The van der Waals surface area contributed by atoms with Crippen molar-refractivity contribution in [1.82, 2.24) is 0 Å². The van der Waals surface area contributed by atoms with Crippen LogP contribution in [0.25, 0.3) is 0 Å². The monoisotopic (exact) mass is 466 g/mol. The third-order valence-electron chi connectivity index (χ3n) is 4.74. The highest BCUT2D eigenvalue weighted by Crippen LogP contribution is 2.18. The van der Waals surface area contributed by atoms with Crippen LogP contribution >= 0.6 is 15.9 Å². The van der Waals surface area contributed by atoms with Crippen LogP contribution in [0, 0.1) is 0 Å². The van der Waals surface area contributed by atoms with E-state index in [2.05, 4.69) is 42.9 Å². The summed E-state index contributed by atoms with van der Waals surface area (Å²) in [7, 11) is -2.12. The van der Waals surface area contributed by atoms with Crippen LogP contribution in [0.3, 0.4) is 0 Å². The number of unbranched alkanes of at least 4 members (excludes halogenated alkanes) is 10. The molecule has 0 bridgehead atoms. The van der Waals surface area contributed by atoms with Crippen molar-refractivity contribution < 1.29 is 13.6 Å². The molecule has 0 aliphatic heterocycles. The lowest BCUT2D eigenvalue weighted by Gasteiger charge is -2.29. The van der Waals surface area contributed by atoms with Crippen molar-refractivity contribution in [2.24, 2.45) is 0 Å². The molecule has 0 aromatic heterocycles. The van der Waals surface area contributed by atoms with Crippen molar-refractivity contribution in [3.63, 3.8) is 0 Å². The summed E-state index contributed by atoms with van der Waals surface area (Å²) in [4.78, 5) is 0. The number of ether oxygens (including phenoxy) is 1. The Balaban J connectivity index is 4.18. The molecule has 5 heteroatoms. The fraction of sp³-hybridized carbons (Fsp3) is 1.00. The minimum Gasteiger partial charge on any atom is -0.394 e. The lowest BCUT2D eigenvalue weighted by Crippen LogP contribution is -2.40.